The van der Waals surface area contributed by atoms with Crippen molar-refractivity contribution in [2.75, 3.05) is 0 Å². The average molecular weight is 255 g/mol. The lowest BCUT2D eigenvalue weighted by atomic mass is 10.1. The highest BCUT2D eigenvalue weighted by atomic mass is 15.3. The third kappa shape index (κ3) is 3.04. The lowest BCUT2D eigenvalue weighted by Gasteiger charge is -2.14. The van der Waals surface area contributed by atoms with Gasteiger partial charge in [-0.2, -0.15) is 5.10 Å². The van der Waals surface area contributed by atoms with Crippen molar-refractivity contribution in [1.82, 2.24) is 15.1 Å². The summed E-state index contributed by atoms with van der Waals surface area (Å²) in [7, 11) is 0. The predicted molar refractivity (Wildman–Crippen MR) is 77.0 cm³/mol. The van der Waals surface area contributed by atoms with Crippen LogP contribution in [0.25, 0.3) is 0 Å². The molecule has 1 aromatic carbocycles. The van der Waals surface area contributed by atoms with E-state index in [0.717, 1.165) is 13.1 Å². The Bertz CT molecular complexity index is 531. The summed E-state index contributed by atoms with van der Waals surface area (Å²) in [6, 6.07) is 9.33. The molecule has 1 unspecified atom stereocenters. The van der Waals surface area contributed by atoms with E-state index < -0.39 is 0 Å². The van der Waals surface area contributed by atoms with E-state index in [1.54, 1.807) is 11.1 Å². The summed E-state index contributed by atoms with van der Waals surface area (Å²) in [5.41, 5.74) is 4.50. The maximum Gasteiger partial charge on any atom is 0.0560 e. The Balaban J connectivity index is 1.54. The van der Waals surface area contributed by atoms with Gasteiger partial charge in [-0.3, -0.25) is 4.68 Å². The zero-order valence-electron chi connectivity index (χ0n) is 11.5. The van der Waals surface area contributed by atoms with Gasteiger partial charge in [0.25, 0.3) is 0 Å². The van der Waals surface area contributed by atoms with Crippen molar-refractivity contribution >= 4 is 0 Å². The molecule has 1 heterocycles. The first-order chi connectivity index (χ1) is 9.31. The number of nitrogens with zero attached hydrogens (tertiary/aromatic N) is 2. The number of rotatable bonds is 5. The van der Waals surface area contributed by atoms with Crippen LogP contribution in [0, 0.1) is 0 Å². The van der Waals surface area contributed by atoms with Crippen LogP contribution in [-0.2, 0) is 25.9 Å². The molecule has 0 aliphatic heterocycles. The van der Waals surface area contributed by atoms with Crippen LogP contribution in [0.1, 0.15) is 30.0 Å². The second-order valence-electron chi connectivity index (χ2n) is 5.47. The van der Waals surface area contributed by atoms with E-state index in [-0.39, 0.29) is 0 Å². The molecule has 0 bridgehead atoms. The molecule has 1 N–H and O–H groups in total. The van der Waals surface area contributed by atoms with Gasteiger partial charge < -0.3 is 5.32 Å². The van der Waals surface area contributed by atoms with E-state index >= 15 is 0 Å². The molecule has 1 aliphatic carbocycles. The highest BCUT2D eigenvalue weighted by Crippen LogP contribution is 2.22. The fraction of sp³-hybridized carbons (Fsp3) is 0.438. The summed E-state index contributed by atoms with van der Waals surface area (Å²) in [6.45, 7) is 4.06. The number of hydrogen-bond acceptors (Lipinski definition) is 2. The fourth-order valence-corrected chi connectivity index (χ4v) is 2.78. The van der Waals surface area contributed by atoms with Crippen LogP contribution in [-0.4, -0.2) is 15.8 Å². The maximum absolute atomic E-state index is 4.24. The SMILES string of the molecule is CC(Cn1cccn1)NCc1ccc2c(c1)CCC2. The van der Waals surface area contributed by atoms with Crippen LogP contribution in [0.15, 0.2) is 36.7 Å². The van der Waals surface area contributed by atoms with Crippen LogP contribution in [0.2, 0.25) is 0 Å². The van der Waals surface area contributed by atoms with Gasteiger partial charge >= 0.3 is 0 Å². The number of hydrogen-bond donors (Lipinski definition) is 1. The number of benzene rings is 1. The minimum absolute atomic E-state index is 0.424. The Morgan fingerprint density at radius 1 is 1.32 bits per heavy atom. The smallest absolute Gasteiger partial charge is 0.0560 e. The molecule has 1 aliphatic rings. The second-order valence-corrected chi connectivity index (χ2v) is 5.47. The van der Waals surface area contributed by atoms with Crippen LogP contribution < -0.4 is 5.32 Å². The first-order valence-corrected chi connectivity index (χ1v) is 7.13. The molecule has 3 nitrogen and oxygen atoms in total. The van der Waals surface area contributed by atoms with E-state index in [0.29, 0.717) is 6.04 Å². The molecular weight excluding hydrogens is 234 g/mol. The minimum Gasteiger partial charge on any atom is -0.308 e. The Morgan fingerprint density at radius 2 is 2.21 bits per heavy atom. The van der Waals surface area contributed by atoms with Gasteiger partial charge in [0.1, 0.15) is 0 Å². The number of aromatic nitrogens is 2. The molecule has 1 aromatic heterocycles. The molecule has 0 spiro atoms. The Morgan fingerprint density at radius 3 is 3.05 bits per heavy atom. The molecule has 100 valence electrons. The standard InChI is InChI=1S/C16H21N3/c1-13(12-19-9-3-8-18-19)17-11-14-6-7-15-4-2-5-16(15)10-14/h3,6-10,13,17H,2,4-5,11-12H2,1H3. The predicted octanol–water partition coefficient (Wildman–Crippen LogP) is 2.55. The summed E-state index contributed by atoms with van der Waals surface area (Å²) in [5, 5.41) is 7.80. The van der Waals surface area contributed by atoms with Crippen molar-refractivity contribution in [2.24, 2.45) is 0 Å². The van der Waals surface area contributed by atoms with Crippen molar-refractivity contribution in [2.45, 2.75) is 45.3 Å². The first-order valence-electron chi connectivity index (χ1n) is 7.13. The second kappa shape index (κ2) is 5.57. The van der Waals surface area contributed by atoms with Crippen LogP contribution in [0.4, 0.5) is 0 Å². The third-order valence-electron chi connectivity index (χ3n) is 3.84. The number of nitrogens with one attached hydrogen (secondary N) is 1. The summed E-state index contributed by atoms with van der Waals surface area (Å²) >= 11 is 0. The van der Waals surface area contributed by atoms with E-state index in [2.05, 4.69) is 35.5 Å². The molecular formula is C16H21N3. The van der Waals surface area contributed by atoms with E-state index in [9.17, 15) is 0 Å². The first kappa shape index (κ1) is 12.4. The van der Waals surface area contributed by atoms with Crippen LogP contribution in [0.5, 0.6) is 0 Å². The highest BCUT2D eigenvalue weighted by molar-refractivity contribution is 5.35. The lowest BCUT2D eigenvalue weighted by Crippen LogP contribution is -2.30. The molecule has 0 saturated carbocycles. The van der Waals surface area contributed by atoms with E-state index in [1.807, 2.05) is 23.1 Å². The molecule has 19 heavy (non-hydrogen) atoms. The topological polar surface area (TPSA) is 29.9 Å². The van der Waals surface area contributed by atoms with Crippen molar-refractivity contribution in [3.63, 3.8) is 0 Å². The van der Waals surface area contributed by atoms with Gasteiger partial charge in [0.15, 0.2) is 0 Å². The van der Waals surface area contributed by atoms with Crippen LogP contribution >= 0.6 is 0 Å². The Labute approximate surface area is 114 Å². The summed E-state index contributed by atoms with van der Waals surface area (Å²) < 4.78 is 1.97. The zero-order chi connectivity index (χ0) is 13.1. The minimum atomic E-state index is 0.424. The van der Waals surface area contributed by atoms with E-state index in [4.69, 9.17) is 0 Å². The molecule has 3 rings (SSSR count). The third-order valence-corrected chi connectivity index (χ3v) is 3.84. The highest BCUT2D eigenvalue weighted by Gasteiger charge is 2.11. The summed E-state index contributed by atoms with van der Waals surface area (Å²) in [4.78, 5) is 0. The normalized spacial score (nSPS) is 15.4. The quantitative estimate of drug-likeness (QED) is 0.890. The van der Waals surface area contributed by atoms with Crippen molar-refractivity contribution < 1.29 is 0 Å². The van der Waals surface area contributed by atoms with Crippen LogP contribution in [0.3, 0.4) is 0 Å². The summed E-state index contributed by atoms with van der Waals surface area (Å²) in [6.07, 6.45) is 7.67. The Hall–Kier alpha value is -1.61. The van der Waals surface area contributed by atoms with Gasteiger partial charge in [-0.25, -0.2) is 0 Å². The van der Waals surface area contributed by atoms with Gasteiger partial charge in [-0.15, -0.1) is 0 Å². The zero-order valence-corrected chi connectivity index (χ0v) is 11.5. The maximum atomic E-state index is 4.24. The van der Waals surface area contributed by atoms with Gasteiger partial charge in [0.05, 0.1) is 6.54 Å². The summed E-state index contributed by atoms with van der Waals surface area (Å²) in [5.74, 6) is 0. The number of aryl methyl sites for hydroxylation is 2. The molecule has 2 aromatic rings. The largest absolute Gasteiger partial charge is 0.308 e. The van der Waals surface area contributed by atoms with Gasteiger partial charge in [0.2, 0.25) is 0 Å². The fourth-order valence-electron chi connectivity index (χ4n) is 2.78. The van der Waals surface area contributed by atoms with E-state index in [1.165, 1.54) is 24.8 Å². The monoisotopic (exact) mass is 255 g/mol. The van der Waals surface area contributed by atoms with Gasteiger partial charge in [0, 0.05) is 25.0 Å². The van der Waals surface area contributed by atoms with Gasteiger partial charge in [-0.1, -0.05) is 18.2 Å². The van der Waals surface area contributed by atoms with Gasteiger partial charge in [-0.05, 0) is 48.9 Å². The number of fused-ring (bicyclic) bond motifs is 1. The molecule has 0 radical (unpaired) electrons. The van der Waals surface area contributed by atoms with Crippen molar-refractivity contribution in [3.05, 3.63) is 53.3 Å². The molecule has 0 fully saturated rings. The molecule has 0 amide bonds. The molecule has 1 atom stereocenters. The van der Waals surface area contributed by atoms with Crippen molar-refractivity contribution in [1.29, 1.82) is 0 Å². The van der Waals surface area contributed by atoms with Crippen molar-refractivity contribution in [3.8, 4) is 0 Å². The molecule has 0 saturated heterocycles. The lowest BCUT2D eigenvalue weighted by molar-refractivity contribution is 0.451. The Kier molecular flexibility index (Phi) is 3.65. The average Bonchev–Trinajstić information content (AvgIpc) is 3.06. The molecule has 3 heteroatoms.